The molecule has 0 N–H and O–H groups in total. The summed E-state index contributed by atoms with van der Waals surface area (Å²) in [5.74, 6) is -1.41. The Morgan fingerprint density at radius 2 is 1.63 bits per heavy atom. The Balaban J connectivity index is 2.25. The van der Waals surface area contributed by atoms with Crippen molar-refractivity contribution in [2.75, 3.05) is 0 Å². The zero-order valence-corrected chi connectivity index (χ0v) is 15.9. The van der Waals surface area contributed by atoms with Crippen molar-refractivity contribution in [3.8, 4) is 22.6 Å². The van der Waals surface area contributed by atoms with Gasteiger partial charge in [-0.15, -0.1) is 0 Å². The molecule has 0 unspecified atom stereocenters. The molecule has 0 aliphatic carbocycles. The fraction of sp³-hybridized carbons (Fsp3) is 0.0909. The predicted molar refractivity (Wildman–Crippen MR) is 103 cm³/mol. The van der Waals surface area contributed by atoms with Crippen LogP contribution in [0.3, 0.4) is 0 Å². The molecular weight excluding hydrogens is 401 g/mol. The maximum atomic E-state index is 13.5. The van der Waals surface area contributed by atoms with E-state index in [-0.39, 0.29) is 22.4 Å². The Bertz CT molecular complexity index is 989. The molecule has 5 nitrogen and oxygen atoms in total. The van der Waals surface area contributed by atoms with Gasteiger partial charge in [-0.05, 0) is 42.3 Å². The van der Waals surface area contributed by atoms with Crippen molar-refractivity contribution in [3.63, 3.8) is 0 Å². The molecule has 2 rings (SSSR count). The van der Waals surface area contributed by atoms with E-state index >= 15 is 0 Å². The lowest BCUT2D eigenvalue weighted by Crippen LogP contribution is -2.11. The molecule has 30 heavy (non-hydrogen) atoms. The summed E-state index contributed by atoms with van der Waals surface area (Å²) in [5.41, 5.74) is -0.718. The molecule has 0 bridgehead atoms. The second-order valence-corrected chi connectivity index (χ2v) is 5.93. The van der Waals surface area contributed by atoms with Gasteiger partial charge >= 0.3 is 18.1 Å². The van der Waals surface area contributed by atoms with Crippen molar-refractivity contribution in [1.82, 2.24) is 0 Å². The van der Waals surface area contributed by atoms with Crippen molar-refractivity contribution in [1.29, 1.82) is 0 Å². The van der Waals surface area contributed by atoms with Crippen molar-refractivity contribution in [2.24, 2.45) is 0 Å². The molecule has 0 amide bonds. The number of benzene rings is 2. The summed E-state index contributed by atoms with van der Waals surface area (Å²) in [7, 11) is 0. The predicted octanol–water partition coefficient (Wildman–Crippen LogP) is 5.43. The van der Waals surface area contributed by atoms with Crippen LogP contribution in [0.5, 0.6) is 11.5 Å². The van der Waals surface area contributed by atoms with Gasteiger partial charge in [0.2, 0.25) is 0 Å². The molecule has 0 aromatic heterocycles. The van der Waals surface area contributed by atoms with Gasteiger partial charge in [-0.25, -0.2) is 9.59 Å². The minimum absolute atomic E-state index is 0.0662. The van der Waals surface area contributed by atoms with Crippen molar-refractivity contribution in [2.45, 2.75) is 13.1 Å². The van der Waals surface area contributed by atoms with Gasteiger partial charge in [0.05, 0.1) is 5.56 Å². The summed E-state index contributed by atoms with van der Waals surface area (Å²) < 4.78 is 55.3. The molecule has 0 heterocycles. The molecule has 0 saturated heterocycles. The molecule has 2 aromatic carbocycles. The molecule has 0 saturated carbocycles. The van der Waals surface area contributed by atoms with Crippen LogP contribution in [0.1, 0.15) is 12.5 Å². The Kier molecular flexibility index (Phi) is 7.19. The van der Waals surface area contributed by atoms with E-state index < -0.39 is 23.7 Å². The molecule has 0 aliphatic heterocycles. The normalized spacial score (nSPS) is 11.1. The summed E-state index contributed by atoms with van der Waals surface area (Å²) in [5, 5.41) is 0. The maximum Gasteiger partial charge on any atom is 0.417 e. The standard InChI is InChI=1S/C22H17F3O5/c1-4-20(26)29-12-11-28-16-7-5-15(6-8-16)18-10-9-17(30-21(27)14(2)3)13-19(18)22(23,24)25/h4-13H,1-2H2,3H3/b12-11-. The lowest BCUT2D eigenvalue weighted by atomic mass is 9.99. The first-order chi connectivity index (χ1) is 14.1. The molecule has 0 fully saturated rings. The minimum Gasteiger partial charge on any atom is -0.462 e. The van der Waals surface area contributed by atoms with Gasteiger partial charge in [0.25, 0.3) is 0 Å². The van der Waals surface area contributed by atoms with Gasteiger partial charge < -0.3 is 14.2 Å². The highest BCUT2D eigenvalue weighted by molar-refractivity contribution is 5.89. The highest BCUT2D eigenvalue weighted by Crippen LogP contribution is 2.39. The van der Waals surface area contributed by atoms with E-state index in [1.807, 2.05) is 0 Å². The molecule has 8 heteroatoms. The number of ether oxygens (including phenoxy) is 3. The van der Waals surface area contributed by atoms with Crippen LogP contribution in [0.2, 0.25) is 0 Å². The van der Waals surface area contributed by atoms with Crippen LogP contribution in [0.15, 0.2) is 79.8 Å². The number of hydrogen-bond acceptors (Lipinski definition) is 5. The Morgan fingerprint density at radius 3 is 2.20 bits per heavy atom. The summed E-state index contributed by atoms with van der Waals surface area (Å²) in [6.45, 7) is 8.02. The molecule has 0 atom stereocenters. The summed E-state index contributed by atoms with van der Waals surface area (Å²) in [6.07, 6.45) is -1.59. The minimum atomic E-state index is -4.67. The van der Waals surface area contributed by atoms with Crippen LogP contribution in [0.4, 0.5) is 13.2 Å². The van der Waals surface area contributed by atoms with Crippen LogP contribution < -0.4 is 9.47 Å². The van der Waals surface area contributed by atoms with Gasteiger partial charge in [-0.2, -0.15) is 13.2 Å². The second-order valence-electron chi connectivity index (χ2n) is 5.93. The zero-order chi connectivity index (χ0) is 22.3. The van der Waals surface area contributed by atoms with Gasteiger partial charge in [-0.3, -0.25) is 0 Å². The van der Waals surface area contributed by atoms with E-state index in [2.05, 4.69) is 17.9 Å². The van der Waals surface area contributed by atoms with Crippen molar-refractivity contribution in [3.05, 3.63) is 85.4 Å². The highest BCUT2D eigenvalue weighted by atomic mass is 19.4. The molecule has 2 aromatic rings. The molecular formula is C22H17F3O5. The van der Waals surface area contributed by atoms with Crippen LogP contribution in [-0.4, -0.2) is 11.9 Å². The third-order valence-electron chi connectivity index (χ3n) is 3.63. The first kappa shape index (κ1) is 22.5. The van der Waals surface area contributed by atoms with E-state index in [1.54, 1.807) is 0 Å². The van der Waals surface area contributed by atoms with E-state index in [0.717, 1.165) is 24.7 Å². The molecule has 0 spiro atoms. The number of esters is 2. The third-order valence-corrected chi connectivity index (χ3v) is 3.63. The summed E-state index contributed by atoms with van der Waals surface area (Å²) in [6, 6.07) is 9.01. The van der Waals surface area contributed by atoms with Gasteiger partial charge in [0, 0.05) is 11.6 Å². The number of carbonyl (C=O) groups is 2. The van der Waals surface area contributed by atoms with E-state index in [1.165, 1.54) is 43.3 Å². The van der Waals surface area contributed by atoms with Gasteiger partial charge in [-0.1, -0.05) is 31.4 Å². The highest BCUT2D eigenvalue weighted by Gasteiger charge is 2.34. The summed E-state index contributed by atoms with van der Waals surface area (Å²) >= 11 is 0. The van der Waals surface area contributed by atoms with Crippen LogP contribution >= 0.6 is 0 Å². The first-order valence-corrected chi connectivity index (χ1v) is 8.46. The number of carbonyl (C=O) groups excluding carboxylic acids is 2. The first-order valence-electron chi connectivity index (χ1n) is 8.46. The third kappa shape index (κ3) is 6.10. The maximum absolute atomic E-state index is 13.5. The van der Waals surface area contributed by atoms with E-state index in [0.29, 0.717) is 5.75 Å². The lowest BCUT2D eigenvalue weighted by Gasteiger charge is -2.15. The quantitative estimate of drug-likeness (QED) is 0.260. The molecule has 156 valence electrons. The monoisotopic (exact) mass is 418 g/mol. The molecule has 0 radical (unpaired) electrons. The Morgan fingerprint density at radius 1 is 1.00 bits per heavy atom. The number of alkyl halides is 3. The average Bonchev–Trinajstić information content (AvgIpc) is 2.70. The van der Waals surface area contributed by atoms with Crippen LogP contribution in [0.25, 0.3) is 11.1 Å². The summed E-state index contributed by atoms with van der Waals surface area (Å²) in [4.78, 5) is 22.5. The fourth-order valence-corrected chi connectivity index (χ4v) is 2.23. The zero-order valence-electron chi connectivity index (χ0n) is 15.9. The van der Waals surface area contributed by atoms with Crippen LogP contribution in [0, 0.1) is 0 Å². The van der Waals surface area contributed by atoms with Crippen molar-refractivity contribution >= 4 is 11.9 Å². The number of rotatable bonds is 7. The van der Waals surface area contributed by atoms with Crippen LogP contribution in [-0.2, 0) is 20.5 Å². The smallest absolute Gasteiger partial charge is 0.417 e. The topological polar surface area (TPSA) is 61.8 Å². The lowest BCUT2D eigenvalue weighted by molar-refractivity contribution is -0.138. The van der Waals surface area contributed by atoms with E-state index in [4.69, 9.17) is 9.47 Å². The Hall–Kier alpha value is -3.81. The molecule has 0 aliphatic rings. The van der Waals surface area contributed by atoms with Crippen molar-refractivity contribution < 1.29 is 37.0 Å². The Labute approximate surface area is 170 Å². The average molecular weight is 418 g/mol. The number of halogens is 3. The fourth-order valence-electron chi connectivity index (χ4n) is 2.23. The number of hydrogen-bond donors (Lipinski definition) is 0. The van der Waals surface area contributed by atoms with Gasteiger partial charge in [0.15, 0.2) is 0 Å². The SMILES string of the molecule is C=CC(=O)O/C=C\Oc1ccc(-c2ccc(OC(=O)C(=C)C)cc2C(F)(F)F)cc1. The van der Waals surface area contributed by atoms with E-state index in [9.17, 15) is 22.8 Å². The second kappa shape index (κ2) is 9.60. The largest absolute Gasteiger partial charge is 0.462 e. The van der Waals surface area contributed by atoms with Gasteiger partial charge in [0.1, 0.15) is 24.0 Å².